The average molecular weight is 356 g/mol. The number of nitriles is 1. The second kappa shape index (κ2) is 6.57. The van der Waals surface area contributed by atoms with Crippen molar-refractivity contribution in [3.63, 3.8) is 0 Å². The van der Waals surface area contributed by atoms with Gasteiger partial charge >= 0.3 is 10.1 Å². The van der Waals surface area contributed by atoms with Crippen LogP contribution in [-0.4, -0.2) is 8.42 Å². The molecule has 0 spiro atoms. The quantitative estimate of drug-likeness (QED) is 0.770. The fourth-order valence-electron chi connectivity index (χ4n) is 1.79. The van der Waals surface area contributed by atoms with Crippen LogP contribution in [0.1, 0.15) is 18.1 Å². The van der Waals surface area contributed by atoms with Gasteiger partial charge in [0.1, 0.15) is 16.7 Å². The zero-order valence-electron chi connectivity index (χ0n) is 11.5. The molecule has 0 aliphatic heterocycles. The predicted octanol–water partition coefficient (Wildman–Crippen LogP) is 4.20. The minimum absolute atomic E-state index is 0.0533. The Balaban J connectivity index is 2.36. The summed E-state index contributed by atoms with van der Waals surface area (Å²) in [4.78, 5) is -0.121. The van der Waals surface area contributed by atoms with Gasteiger partial charge in [-0.2, -0.15) is 13.7 Å². The Kier molecular flexibility index (Phi) is 4.97. The zero-order valence-corrected chi connectivity index (χ0v) is 13.8. The molecule has 0 heterocycles. The van der Waals surface area contributed by atoms with E-state index in [0.29, 0.717) is 11.4 Å². The molecule has 0 saturated heterocycles. The van der Waals surface area contributed by atoms with E-state index < -0.39 is 10.1 Å². The number of hydrogen-bond donors (Lipinski definition) is 0. The predicted molar refractivity (Wildman–Crippen MR) is 84.8 cm³/mol. The molecule has 0 aromatic heterocycles. The molecule has 0 radical (unpaired) electrons. The molecule has 2 aromatic rings. The van der Waals surface area contributed by atoms with Gasteiger partial charge in [-0.1, -0.05) is 30.1 Å². The van der Waals surface area contributed by atoms with Crippen molar-refractivity contribution in [3.05, 3.63) is 57.6 Å². The lowest BCUT2D eigenvalue weighted by atomic mass is 10.2. The largest absolute Gasteiger partial charge is 0.379 e. The van der Waals surface area contributed by atoms with Gasteiger partial charge < -0.3 is 4.18 Å². The number of nitrogens with zero attached hydrogens (tertiary/aromatic N) is 1. The summed E-state index contributed by atoms with van der Waals surface area (Å²) >= 11 is 11.8. The van der Waals surface area contributed by atoms with E-state index in [4.69, 9.17) is 32.6 Å². The molecule has 114 valence electrons. The maximum absolute atomic E-state index is 12.2. The first-order chi connectivity index (χ1) is 10.4. The summed E-state index contributed by atoms with van der Waals surface area (Å²) in [5.41, 5.74) is 0.979. The number of rotatable bonds is 4. The Labute approximate surface area is 139 Å². The van der Waals surface area contributed by atoms with Crippen molar-refractivity contribution >= 4 is 33.3 Å². The molecule has 0 N–H and O–H groups in total. The third kappa shape index (κ3) is 3.53. The van der Waals surface area contributed by atoms with Crippen LogP contribution in [0.5, 0.6) is 5.75 Å². The summed E-state index contributed by atoms with van der Waals surface area (Å²) in [5, 5.41) is 9.41. The highest BCUT2D eigenvalue weighted by atomic mass is 35.5. The smallest absolute Gasteiger partial charge is 0.339 e. The second-order valence-corrected chi connectivity index (χ2v) is 6.76. The van der Waals surface area contributed by atoms with Crippen LogP contribution in [0.15, 0.2) is 41.3 Å². The van der Waals surface area contributed by atoms with Gasteiger partial charge in [0.2, 0.25) is 0 Å². The lowest BCUT2D eigenvalue weighted by Crippen LogP contribution is -2.10. The summed E-state index contributed by atoms with van der Waals surface area (Å²) in [6.45, 7) is 1.90. The second-order valence-electron chi connectivity index (χ2n) is 4.40. The van der Waals surface area contributed by atoms with E-state index in [1.807, 2.05) is 13.0 Å². The van der Waals surface area contributed by atoms with Gasteiger partial charge in [0.15, 0.2) is 0 Å². The molecular formula is C15H11Cl2NO3S. The Morgan fingerprint density at radius 1 is 1.14 bits per heavy atom. The van der Waals surface area contributed by atoms with Crippen molar-refractivity contribution in [1.82, 2.24) is 0 Å². The average Bonchev–Trinajstić information content (AvgIpc) is 2.48. The minimum Gasteiger partial charge on any atom is -0.379 e. The molecule has 7 heteroatoms. The molecule has 0 aliphatic carbocycles. The molecule has 0 amide bonds. The van der Waals surface area contributed by atoms with E-state index in [1.165, 1.54) is 24.3 Å². The zero-order chi connectivity index (χ0) is 16.3. The van der Waals surface area contributed by atoms with Crippen LogP contribution < -0.4 is 4.18 Å². The van der Waals surface area contributed by atoms with Crippen molar-refractivity contribution in [2.24, 2.45) is 0 Å². The van der Waals surface area contributed by atoms with Crippen LogP contribution in [0, 0.1) is 11.3 Å². The summed E-state index contributed by atoms with van der Waals surface area (Å²) in [6.07, 6.45) is 0.652. The Bertz CT molecular complexity index is 858. The van der Waals surface area contributed by atoms with E-state index in [9.17, 15) is 8.42 Å². The van der Waals surface area contributed by atoms with E-state index in [1.54, 1.807) is 12.1 Å². The van der Waals surface area contributed by atoms with E-state index in [0.717, 1.165) is 5.56 Å². The molecule has 2 aromatic carbocycles. The van der Waals surface area contributed by atoms with E-state index in [2.05, 4.69) is 0 Å². The minimum atomic E-state index is -4.04. The third-order valence-electron chi connectivity index (χ3n) is 2.95. The molecule has 0 fully saturated rings. The van der Waals surface area contributed by atoms with Crippen molar-refractivity contribution in [1.29, 1.82) is 5.26 Å². The first-order valence-corrected chi connectivity index (χ1v) is 8.46. The van der Waals surface area contributed by atoms with Gasteiger partial charge in [0.05, 0.1) is 10.6 Å². The lowest BCUT2D eigenvalue weighted by Gasteiger charge is -2.09. The standard InChI is InChI=1S/C15H11Cl2NO3S/c1-2-10-7-12(4-6-14(10)16)21-22(19,20)13-5-3-11(9-18)15(17)8-13/h3-8H,2H2,1H3. The fourth-order valence-corrected chi connectivity index (χ4v) is 3.28. The maximum Gasteiger partial charge on any atom is 0.339 e. The molecule has 22 heavy (non-hydrogen) atoms. The number of benzene rings is 2. The van der Waals surface area contributed by atoms with Crippen molar-refractivity contribution in [3.8, 4) is 11.8 Å². The van der Waals surface area contributed by atoms with Crippen molar-refractivity contribution < 1.29 is 12.6 Å². The summed E-state index contributed by atoms with van der Waals surface area (Å²) in [7, 11) is -4.04. The molecule has 0 saturated carbocycles. The summed E-state index contributed by atoms with van der Waals surface area (Å²) in [6, 6.07) is 10.3. The monoisotopic (exact) mass is 355 g/mol. The van der Waals surface area contributed by atoms with Gasteiger partial charge in [0.25, 0.3) is 0 Å². The Morgan fingerprint density at radius 3 is 2.45 bits per heavy atom. The molecule has 0 aliphatic rings. The third-order valence-corrected chi connectivity index (χ3v) is 4.88. The lowest BCUT2D eigenvalue weighted by molar-refractivity contribution is 0.486. The summed E-state index contributed by atoms with van der Waals surface area (Å²) < 4.78 is 29.6. The Morgan fingerprint density at radius 2 is 1.86 bits per heavy atom. The molecular weight excluding hydrogens is 345 g/mol. The van der Waals surface area contributed by atoms with Crippen LogP contribution in [-0.2, 0) is 16.5 Å². The molecule has 2 rings (SSSR count). The topological polar surface area (TPSA) is 67.2 Å². The first kappa shape index (κ1) is 16.6. The SMILES string of the molecule is CCc1cc(OS(=O)(=O)c2ccc(C#N)c(Cl)c2)ccc1Cl. The van der Waals surface area contributed by atoms with Gasteiger partial charge in [-0.25, -0.2) is 0 Å². The van der Waals surface area contributed by atoms with Crippen LogP contribution in [0.3, 0.4) is 0 Å². The molecule has 0 unspecified atom stereocenters. The first-order valence-electron chi connectivity index (χ1n) is 6.30. The van der Waals surface area contributed by atoms with E-state index in [-0.39, 0.29) is 21.2 Å². The normalized spacial score (nSPS) is 11.0. The van der Waals surface area contributed by atoms with Gasteiger partial charge in [-0.15, -0.1) is 0 Å². The molecule has 0 atom stereocenters. The van der Waals surface area contributed by atoms with Crippen LogP contribution >= 0.6 is 23.2 Å². The van der Waals surface area contributed by atoms with Crippen molar-refractivity contribution in [2.45, 2.75) is 18.2 Å². The van der Waals surface area contributed by atoms with Gasteiger partial charge in [0, 0.05) is 5.02 Å². The Hall–Kier alpha value is -1.74. The highest BCUT2D eigenvalue weighted by Crippen LogP contribution is 2.26. The highest BCUT2D eigenvalue weighted by molar-refractivity contribution is 7.87. The van der Waals surface area contributed by atoms with Crippen molar-refractivity contribution in [2.75, 3.05) is 0 Å². The van der Waals surface area contributed by atoms with Gasteiger partial charge in [-0.05, 0) is 48.4 Å². The summed E-state index contributed by atoms with van der Waals surface area (Å²) in [5.74, 6) is 0.168. The number of hydrogen-bond acceptors (Lipinski definition) is 4. The number of aryl methyl sites for hydroxylation is 1. The molecule has 0 bridgehead atoms. The van der Waals surface area contributed by atoms with Crippen LogP contribution in [0.4, 0.5) is 0 Å². The van der Waals surface area contributed by atoms with Gasteiger partial charge in [-0.3, -0.25) is 0 Å². The van der Waals surface area contributed by atoms with Crippen LogP contribution in [0.2, 0.25) is 10.0 Å². The number of halogens is 2. The highest BCUT2D eigenvalue weighted by Gasteiger charge is 2.18. The fraction of sp³-hybridized carbons (Fsp3) is 0.133. The molecule has 4 nitrogen and oxygen atoms in total. The van der Waals surface area contributed by atoms with Crippen LogP contribution in [0.25, 0.3) is 0 Å². The maximum atomic E-state index is 12.2. The van der Waals surface area contributed by atoms with E-state index >= 15 is 0 Å².